The summed E-state index contributed by atoms with van der Waals surface area (Å²) in [5.74, 6) is -0.561. The van der Waals surface area contributed by atoms with Crippen molar-refractivity contribution in [3.63, 3.8) is 0 Å². The van der Waals surface area contributed by atoms with Gasteiger partial charge in [-0.3, -0.25) is 4.79 Å². The maximum absolute atomic E-state index is 10.6. The molecule has 18 heavy (non-hydrogen) atoms. The Balaban J connectivity index is 2.17. The minimum atomic E-state index is -0.934. The maximum Gasteiger partial charge on any atom is 0.311 e. The van der Waals surface area contributed by atoms with E-state index in [0.29, 0.717) is 17.5 Å². The molecule has 5 heteroatoms. The summed E-state index contributed by atoms with van der Waals surface area (Å²) in [6, 6.07) is 8.07. The van der Waals surface area contributed by atoms with Gasteiger partial charge in [0, 0.05) is 5.69 Å². The first-order chi connectivity index (χ1) is 8.54. The standard InChI is InChI=1S/C13H14N2O3/c1-8-4-3-5-10(6-8)15-13-14-9(2)11(18-13)7-12(16)17/h3-6H,7H2,1-2H3,(H,14,15)(H,16,17). The van der Waals surface area contributed by atoms with Crippen molar-refractivity contribution in [3.8, 4) is 0 Å². The fraction of sp³-hybridized carbons (Fsp3) is 0.231. The first kappa shape index (κ1) is 12.2. The van der Waals surface area contributed by atoms with Crippen LogP contribution < -0.4 is 5.32 Å². The fourth-order valence-corrected chi connectivity index (χ4v) is 1.63. The Morgan fingerprint density at radius 3 is 2.89 bits per heavy atom. The number of aryl methyl sites for hydroxylation is 2. The molecule has 5 nitrogen and oxygen atoms in total. The summed E-state index contributed by atoms with van der Waals surface area (Å²) in [6.45, 7) is 3.71. The average molecular weight is 246 g/mol. The van der Waals surface area contributed by atoms with Gasteiger partial charge in [-0.2, -0.15) is 4.98 Å². The summed E-state index contributed by atoms with van der Waals surface area (Å²) in [5.41, 5.74) is 2.57. The van der Waals surface area contributed by atoms with Crippen LogP contribution in [0.3, 0.4) is 0 Å². The van der Waals surface area contributed by atoms with E-state index in [1.54, 1.807) is 6.92 Å². The highest BCUT2D eigenvalue weighted by Crippen LogP contribution is 2.20. The third-order valence-corrected chi connectivity index (χ3v) is 2.47. The van der Waals surface area contributed by atoms with Crippen molar-refractivity contribution in [3.05, 3.63) is 41.3 Å². The van der Waals surface area contributed by atoms with Crippen molar-refractivity contribution in [1.82, 2.24) is 4.98 Å². The Labute approximate surface area is 104 Å². The van der Waals surface area contributed by atoms with Crippen molar-refractivity contribution >= 4 is 17.7 Å². The second-order valence-corrected chi connectivity index (χ2v) is 4.09. The fourth-order valence-electron chi connectivity index (χ4n) is 1.63. The zero-order valence-corrected chi connectivity index (χ0v) is 10.2. The lowest BCUT2D eigenvalue weighted by Crippen LogP contribution is -1.99. The Morgan fingerprint density at radius 2 is 2.22 bits per heavy atom. The summed E-state index contributed by atoms with van der Waals surface area (Å²) >= 11 is 0. The molecule has 1 heterocycles. The highest BCUT2D eigenvalue weighted by molar-refractivity contribution is 5.69. The van der Waals surface area contributed by atoms with Crippen LogP contribution in [0, 0.1) is 13.8 Å². The molecule has 2 rings (SSSR count). The number of rotatable bonds is 4. The van der Waals surface area contributed by atoms with E-state index >= 15 is 0 Å². The van der Waals surface area contributed by atoms with Crippen molar-refractivity contribution in [2.24, 2.45) is 0 Å². The molecular formula is C13H14N2O3. The Hall–Kier alpha value is -2.30. The molecule has 0 unspecified atom stereocenters. The van der Waals surface area contributed by atoms with Crippen LogP contribution in [0.15, 0.2) is 28.7 Å². The largest absolute Gasteiger partial charge is 0.481 e. The highest BCUT2D eigenvalue weighted by atomic mass is 16.4. The topological polar surface area (TPSA) is 75.4 Å². The van der Waals surface area contributed by atoms with E-state index in [0.717, 1.165) is 11.3 Å². The monoisotopic (exact) mass is 246 g/mol. The number of aromatic nitrogens is 1. The molecule has 2 aromatic rings. The molecule has 1 aromatic heterocycles. The predicted molar refractivity (Wildman–Crippen MR) is 67.0 cm³/mol. The van der Waals surface area contributed by atoms with Gasteiger partial charge in [-0.05, 0) is 31.5 Å². The molecule has 0 bridgehead atoms. The van der Waals surface area contributed by atoms with Gasteiger partial charge in [-0.15, -0.1) is 0 Å². The lowest BCUT2D eigenvalue weighted by atomic mass is 10.2. The van der Waals surface area contributed by atoms with E-state index in [2.05, 4.69) is 10.3 Å². The van der Waals surface area contributed by atoms with Gasteiger partial charge >= 0.3 is 5.97 Å². The molecule has 0 radical (unpaired) electrons. The van der Waals surface area contributed by atoms with E-state index in [1.165, 1.54) is 0 Å². The third-order valence-electron chi connectivity index (χ3n) is 2.47. The highest BCUT2D eigenvalue weighted by Gasteiger charge is 2.12. The van der Waals surface area contributed by atoms with Crippen molar-refractivity contribution in [2.75, 3.05) is 5.32 Å². The summed E-state index contributed by atoms with van der Waals surface area (Å²) in [6.07, 6.45) is -0.158. The van der Waals surface area contributed by atoms with Crippen LogP contribution in [0.4, 0.5) is 11.7 Å². The van der Waals surface area contributed by atoms with E-state index in [4.69, 9.17) is 9.52 Å². The lowest BCUT2D eigenvalue weighted by molar-refractivity contribution is -0.136. The zero-order valence-electron chi connectivity index (χ0n) is 10.2. The van der Waals surface area contributed by atoms with Crippen molar-refractivity contribution in [2.45, 2.75) is 20.3 Å². The second kappa shape index (κ2) is 4.91. The molecule has 0 aliphatic carbocycles. The van der Waals surface area contributed by atoms with E-state index in [9.17, 15) is 4.79 Å². The third kappa shape index (κ3) is 2.88. The second-order valence-electron chi connectivity index (χ2n) is 4.09. The molecule has 1 aromatic carbocycles. The van der Waals surface area contributed by atoms with Gasteiger partial charge in [0.2, 0.25) is 0 Å². The first-order valence-corrected chi connectivity index (χ1v) is 5.56. The van der Waals surface area contributed by atoms with Crippen LogP contribution in [0.5, 0.6) is 0 Å². The molecule has 0 aliphatic heterocycles. The van der Waals surface area contributed by atoms with Crippen LogP contribution >= 0.6 is 0 Å². The van der Waals surface area contributed by atoms with Crippen LogP contribution in [-0.2, 0) is 11.2 Å². The minimum Gasteiger partial charge on any atom is -0.481 e. The van der Waals surface area contributed by atoms with Gasteiger partial charge in [-0.25, -0.2) is 0 Å². The molecule has 2 N–H and O–H groups in total. The number of carbonyl (C=O) groups is 1. The first-order valence-electron chi connectivity index (χ1n) is 5.56. The van der Waals surface area contributed by atoms with Crippen LogP contribution in [-0.4, -0.2) is 16.1 Å². The molecule has 0 aliphatic rings. The van der Waals surface area contributed by atoms with E-state index < -0.39 is 5.97 Å². The summed E-state index contributed by atoms with van der Waals surface area (Å²) in [5, 5.41) is 11.7. The Morgan fingerprint density at radius 1 is 1.44 bits per heavy atom. The number of hydrogen-bond donors (Lipinski definition) is 2. The molecule has 94 valence electrons. The maximum atomic E-state index is 10.6. The van der Waals surface area contributed by atoms with Crippen molar-refractivity contribution in [1.29, 1.82) is 0 Å². The number of hydrogen-bond acceptors (Lipinski definition) is 4. The number of benzene rings is 1. The van der Waals surface area contributed by atoms with Crippen LogP contribution in [0.2, 0.25) is 0 Å². The molecule has 0 amide bonds. The molecule has 0 spiro atoms. The number of carboxylic acid groups (broad SMARTS) is 1. The summed E-state index contributed by atoms with van der Waals surface area (Å²) < 4.78 is 5.37. The number of carboxylic acids is 1. The van der Waals surface area contributed by atoms with E-state index in [1.807, 2.05) is 31.2 Å². The SMILES string of the molecule is Cc1cccc(Nc2nc(C)c(CC(=O)O)o2)c1. The number of nitrogens with zero attached hydrogens (tertiary/aromatic N) is 1. The van der Waals surface area contributed by atoms with Gasteiger partial charge in [0.05, 0.1) is 5.69 Å². The van der Waals surface area contributed by atoms with Gasteiger partial charge in [-0.1, -0.05) is 12.1 Å². The molecular weight excluding hydrogens is 232 g/mol. The molecule has 0 saturated carbocycles. The minimum absolute atomic E-state index is 0.158. The van der Waals surface area contributed by atoms with Gasteiger partial charge < -0.3 is 14.8 Å². The average Bonchev–Trinajstić information content (AvgIpc) is 2.58. The van der Waals surface area contributed by atoms with Gasteiger partial charge in [0.25, 0.3) is 6.01 Å². The lowest BCUT2D eigenvalue weighted by Gasteiger charge is -2.01. The van der Waals surface area contributed by atoms with Crippen molar-refractivity contribution < 1.29 is 14.3 Å². The van der Waals surface area contributed by atoms with Crippen LogP contribution in [0.1, 0.15) is 17.0 Å². The number of anilines is 2. The quantitative estimate of drug-likeness (QED) is 0.867. The molecule has 0 saturated heterocycles. The number of aliphatic carboxylic acids is 1. The summed E-state index contributed by atoms with van der Waals surface area (Å²) in [4.78, 5) is 14.8. The normalized spacial score (nSPS) is 10.3. The number of nitrogens with one attached hydrogen (secondary N) is 1. The smallest absolute Gasteiger partial charge is 0.311 e. The molecule has 0 atom stereocenters. The predicted octanol–water partition coefficient (Wildman–Crippen LogP) is 2.66. The zero-order chi connectivity index (χ0) is 13.1. The Bertz CT molecular complexity index is 575. The van der Waals surface area contributed by atoms with Gasteiger partial charge in [0.15, 0.2) is 0 Å². The molecule has 0 fully saturated rings. The van der Waals surface area contributed by atoms with Crippen LogP contribution in [0.25, 0.3) is 0 Å². The number of oxazole rings is 1. The summed E-state index contributed by atoms with van der Waals surface area (Å²) in [7, 11) is 0. The van der Waals surface area contributed by atoms with E-state index in [-0.39, 0.29) is 6.42 Å². The van der Waals surface area contributed by atoms with Gasteiger partial charge in [0.1, 0.15) is 12.2 Å². The Kier molecular flexibility index (Phi) is 3.32.